The molecule has 0 spiro atoms. The zero-order valence-corrected chi connectivity index (χ0v) is 20.9. The van der Waals surface area contributed by atoms with Crippen molar-refractivity contribution in [3.8, 4) is 0 Å². The van der Waals surface area contributed by atoms with Gasteiger partial charge in [0, 0.05) is 32.8 Å². The molecule has 164 valence electrons. The molecule has 1 saturated carbocycles. The summed E-state index contributed by atoms with van der Waals surface area (Å²) in [6.45, 7) is 9.94. The van der Waals surface area contributed by atoms with Gasteiger partial charge in [-0.2, -0.15) is 0 Å². The standard InChI is InChI=1S/C21H40N4O2.HI/c1-15-9-7-8-10-17(15)24-20(22-14-19(26)25(5)6)23-16-11-12-27-18(13-16)21(2,3)4;/h15-18H,7-14H2,1-6H3,(H2,22,23,24);1H. The normalized spacial score (nSPS) is 28.9. The summed E-state index contributed by atoms with van der Waals surface area (Å²) in [6.07, 6.45) is 7.16. The Morgan fingerprint density at radius 3 is 2.43 bits per heavy atom. The maximum absolute atomic E-state index is 12.0. The summed E-state index contributed by atoms with van der Waals surface area (Å²) in [5.74, 6) is 1.43. The van der Waals surface area contributed by atoms with Crippen LogP contribution in [0.2, 0.25) is 0 Å². The Labute approximate surface area is 188 Å². The molecule has 1 saturated heterocycles. The Bertz CT molecular complexity index is 519. The summed E-state index contributed by atoms with van der Waals surface area (Å²) < 4.78 is 5.99. The quantitative estimate of drug-likeness (QED) is 0.347. The van der Waals surface area contributed by atoms with Gasteiger partial charge in [0.05, 0.1) is 6.10 Å². The predicted octanol–water partition coefficient (Wildman–Crippen LogP) is 3.40. The van der Waals surface area contributed by atoms with Crippen LogP contribution in [0.4, 0.5) is 0 Å². The fraction of sp³-hybridized carbons (Fsp3) is 0.905. The summed E-state index contributed by atoms with van der Waals surface area (Å²) >= 11 is 0. The van der Waals surface area contributed by atoms with Gasteiger partial charge in [-0.3, -0.25) is 4.79 Å². The Hall–Kier alpha value is -0.570. The molecule has 1 heterocycles. The lowest BCUT2D eigenvalue weighted by molar-refractivity contribution is -0.127. The van der Waals surface area contributed by atoms with Crippen LogP contribution in [0.1, 0.15) is 66.2 Å². The zero-order chi connectivity index (χ0) is 20.0. The van der Waals surface area contributed by atoms with E-state index in [1.54, 1.807) is 19.0 Å². The van der Waals surface area contributed by atoms with Crippen LogP contribution in [-0.2, 0) is 9.53 Å². The van der Waals surface area contributed by atoms with E-state index in [1.807, 2.05) is 0 Å². The van der Waals surface area contributed by atoms with Crippen LogP contribution in [-0.4, -0.2) is 62.2 Å². The molecule has 2 fully saturated rings. The monoisotopic (exact) mass is 508 g/mol. The van der Waals surface area contributed by atoms with Crippen LogP contribution in [0, 0.1) is 11.3 Å². The van der Waals surface area contributed by atoms with Crippen molar-refractivity contribution in [3.05, 3.63) is 0 Å². The SMILES string of the molecule is CC1CCCCC1NC(=NCC(=O)N(C)C)NC1CCOC(C(C)(C)C)C1.I. The number of carbonyl (C=O) groups excluding carboxylic acids is 1. The maximum Gasteiger partial charge on any atom is 0.243 e. The van der Waals surface area contributed by atoms with Gasteiger partial charge >= 0.3 is 0 Å². The molecule has 6 nitrogen and oxygen atoms in total. The lowest BCUT2D eigenvalue weighted by Gasteiger charge is -2.39. The molecule has 2 aliphatic rings. The number of amides is 1. The Balaban J connectivity index is 0.00000392. The van der Waals surface area contributed by atoms with Crippen LogP contribution in [0.5, 0.6) is 0 Å². The van der Waals surface area contributed by atoms with E-state index in [0.717, 1.165) is 25.4 Å². The highest BCUT2D eigenvalue weighted by molar-refractivity contribution is 14.0. The molecule has 1 aliphatic carbocycles. The number of nitrogens with one attached hydrogen (secondary N) is 2. The number of halogens is 1. The maximum atomic E-state index is 12.0. The molecule has 2 N–H and O–H groups in total. The number of guanidine groups is 1. The van der Waals surface area contributed by atoms with E-state index in [0.29, 0.717) is 18.0 Å². The summed E-state index contributed by atoms with van der Waals surface area (Å²) in [5, 5.41) is 7.24. The molecule has 7 heteroatoms. The second kappa shape index (κ2) is 11.6. The number of likely N-dealkylation sites (N-methyl/N-ethyl adjacent to an activating group) is 1. The second-order valence-corrected chi connectivity index (χ2v) is 9.56. The largest absolute Gasteiger partial charge is 0.378 e. The van der Waals surface area contributed by atoms with E-state index < -0.39 is 0 Å². The molecule has 28 heavy (non-hydrogen) atoms. The van der Waals surface area contributed by atoms with Crippen LogP contribution in [0.15, 0.2) is 4.99 Å². The van der Waals surface area contributed by atoms with Gasteiger partial charge in [-0.15, -0.1) is 24.0 Å². The molecule has 1 aliphatic heterocycles. The first-order valence-electron chi connectivity index (χ1n) is 10.6. The van der Waals surface area contributed by atoms with Gasteiger partial charge in [0.25, 0.3) is 0 Å². The minimum atomic E-state index is 0. The first kappa shape index (κ1) is 25.5. The highest BCUT2D eigenvalue weighted by Gasteiger charge is 2.32. The minimum Gasteiger partial charge on any atom is -0.378 e. The molecule has 0 bridgehead atoms. The number of rotatable bonds is 4. The number of ether oxygens (including phenoxy) is 1. The molecule has 1 amide bonds. The van der Waals surface area contributed by atoms with Gasteiger partial charge in [-0.1, -0.05) is 40.5 Å². The fourth-order valence-electron chi connectivity index (χ4n) is 3.85. The molecule has 0 aromatic heterocycles. The molecule has 2 rings (SSSR count). The molecule has 0 radical (unpaired) electrons. The first-order chi connectivity index (χ1) is 12.7. The number of aliphatic imine (C=N–C) groups is 1. The summed E-state index contributed by atoms with van der Waals surface area (Å²) in [5.41, 5.74) is 0.129. The third kappa shape index (κ3) is 8.05. The number of hydrogen-bond acceptors (Lipinski definition) is 3. The van der Waals surface area contributed by atoms with E-state index >= 15 is 0 Å². The zero-order valence-electron chi connectivity index (χ0n) is 18.6. The van der Waals surface area contributed by atoms with Crippen LogP contribution >= 0.6 is 24.0 Å². The Kier molecular flexibility index (Phi) is 10.5. The average Bonchev–Trinajstić information content (AvgIpc) is 2.60. The summed E-state index contributed by atoms with van der Waals surface area (Å²) in [4.78, 5) is 18.2. The molecule has 4 atom stereocenters. The van der Waals surface area contributed by atoms with Crippen molar-refractivity contribution < 1.29 is 9.53 Å². The highest BCUT2D eigenvalue weighted by atomic mass is 127. The number of carbonyl (C=O) groups is 1. The van der Waals surface area contributed by atoms with Gasteiger partial charge in [0.1, 0.15) is 6.54 Å². The molecule has 4 unspecified atom stereocenters. The topological polar surface area (TPSA) is 66.0 Å². The minimum absolute atomic E-state index is 0. The van der Waals surface area contributed by atoms with Crippen molar-refractivity contribution in [1.29, 1.82) is 0 Å². The fourth-order valence-corrected chi connectivity index (χ4v) is 3.85. The van der Waals surface area contributed by atoms with Gasteiger partial charge in [-0.25, -0.2) is 4.99 Å². The van der Waals surface area contributed by atoms with Crippen molar-refractivity contribution in [3.63, 3.8) is 0 Å². The first-order valence-corrected chi connectivity index (χ1v) is 10.6. The van der Waals surface area contributed by atoms with E-state index in [4.69, 9.17) is 4.74 Å². The van der Waals surface area contributed by atoms with Crippen molar-refractivity contribution in [2.24, 2.45) is 16.3 Å². The van der Waals surface area contributed by atoms with Gasteiger partial charge < -0.3 is 20.3 Å². The van der Waals surface area contributed by atoms with Crippen molar-refractivity contribution >= 4 is 35.8 Å². The third-order valence-corrected chi connectivity index (χ3v) is 5.90. The number of nitrogens with zero attached hydrogens (tertiary/aromatic N) is 2. The Morgan fingerprint density at radius 2 is 1.82 bits per heavy atom. The average molecular weight is 508 g/mol. The van der Waals surface area contributed by atoms with Crippen molar-refractivity contribution in [2.75, 3.05) is 27.2 Å². The predicted molar refractivity (Wildman–Crippen MR) is 126 cm³/mol. The van der Waals surface area contributed by atoms with Crippen molar-refractivity contribution in [1.82, 2.24) is 15.5 Å². The summed E-state index contributed by atoms with van der Waals surface area (Å²) in [6, 6.07) is 0.750. The third-order valence-electron chi connectivity index (χ3n) is 5.90. The summed E-state index contributed by atoms with van der Waals surface area (Å²) in [7, 11) is 3.54. The van der Waals surface area contributed by atoms with Crippen LogP contribution in [0.25, 0.3) is 0 Å². The molecular weight excluding hydrogens is 467 g/mol. The van der Waals surface area contributed by atoms with Crippen LogP contribution < -0.4 is 10.6 Å². The molecular formula is C21H41IN4O2. The van der Waals surface area contributed by atoms with E-state index in [-0.39, 0.29) is 47.9 Å². The lowest BCUT2D eigenvalue weighted by Crippen LogP contribution is -2.53. The van der Waals surface area contributed by atoms with Crippen molar-refractivity contribution in [2.45, 2.75) is 84.4 Å². The van der Waals surface area contributed by atoms with E-state index in [9.17, 15) is 4.79 Å². The molecule has 0 aromatic carbocycles. The molecule has 0 aromatic rings. The Morgan fingerprint density at radius 1 is 1.14 bits per heavy atom. The smallest absolute Gasteiger partial charge is 0.243 e. The van der Waals surface area contributed by atoms with Gasteiger partial charge in [0.15, 0.2) is 5.96 Å². The second-order valence-electron chi connectivity index (χ2n) is 9.56. The van der Waals surface area contributed by atoms with E-state index in [1.165, 1.54) is 25.7 Å². The number of hydrogen-bond donors (Lipinski definition) is 2. The van der Waals surface area contributed by atoms with Crippen LogP contribution in [0.3, 0.4) is 0 Å². The lowest BCUT2D eigenvalue weighted by atomic mass is 9.83. The van der Waals surface area contributed by atoms with E-state index in [2.05, 4.69) is 43.3 Å². The highest BCUT2D eigenvalue weighted by Crippen LogP contribution is 2.29. The van der Waals surface area contributed by atoms with Gasteiger partial charge in [0.2, 0.25) is 5.91 Å². The van der Waals surface area contributed by atoms with Gasteiger partial charge in [-0.05, 0) is 37.0 Å².